The molecule has 1 aliphatic heterocycles. The van der Waals surface area contributed by atoms with E-state index >= 15 is 0 Å². The van der Waals surface area contributed by atoms with E-state index in [-0.39, 0.29) is 16.9 Å². The normalized spacial score (nSPS) is 17.1. The quantitative estimate of drug-likeness (QED) is 0.819. The molecule has 1 fully saturated rings. The zero-order valence-corrected chi connectivity index (χ0v) is 17.4. The van der Waals surface area contributed by atoms with E-state index in [9.17, 15) is 14.4 Å². The van der Waals surface area contributed by atoms with Crippen LogP contribution >= 0.6 is 11.6 Å². The van der Waals surface area contributed by atoms with Gasteiger partial charge in [0.05, 0.1) is 0 Å². The molecule has 2 aliphatic rings. The van der Waals surface area contributed by atoms with E-state index in [4.69, 9.17) is 11.6 Å². The Labute approximate surface area is 174 Å². The molecule has 1 N–H and O–H groups in total. The standard InChI is InChI=1S/C22H24ClN3O3/c1-14-11-17(19(27)24-12-15-3-5-16(23)6-4-15)20(28)26-10-9-25(21(29)18(14)26)13-22(2)7-8-22/h3-6,11H,7-10,12-13H2,1-2H3,(H,24,27). The lowest BCUT2D eigenvalue weighted by molar-refractivity contribution is 0.0662. The van der Waals surface area contributed by atoms with Gasteiger partial charge in [0.2, 0.25) is 0 Å². The summed E-state index contributed by atoms with van der Waals surface area (Å²) in [6, 6.07) is 8.68. The van der Waals surface area contributed by atoms with Crippen LogP contribution in [0.5, 0.6) is 0 Å². The summed E-state index contributed by atoms with van der Waals surface area (Å²) in [7, 11) is 0. The third-order valence-electron chi connectivity index (χ3n) is 5.85. The van der Waals surface area contributed by atoms with E-state index in [0.717, 1.165) is 24.9 Å². The van der Waals surface area contributed by atoms with Crippen molar-refractivity contribution in [2.45, 2.75) is 39.8 Å². The van der Waals surface area contributed by atoms with Crippen LogP contribution in [-0.2, 0) is 13.1 Å². The first kappa shape index (κ1) is 19.7. The molecule has 0 unspecified atom stereocenters. The topological polar surface area (TPSA) is 71.4 Å². The number of amides is 2. The zero-order valence-electron chi connectivity index (χ0n) is 16.6. The van der Waals surface area contributed by atoms with Crippen LogP contribution in [0.1, 0.15) is 51.7 Å². The van der Waals surface area contributed by atoms with Crippen LogP contribution < -0.4 is 10.9 Å². The average molecular weight is 414 g/mol. The molecule has 1 aromatic heterocycles. The van der Waals surface area contributed by atoms with Gasteiger partial charge in [-0.15, -0.1) is 0 Å². The molecule has 0 atom stereocenters. The van der Waals surface area contributed by atoms with Gasteiger partial charge in [0.1, 0.15) is 11.3 Å². The summed E-state index contributed by atoms with van der Waals surface area (Å²) in [5.41, 5.74) is 1.81. The number of benzene rings is 1. The highest BCUT2D eigenvalue weighted by Gasteiger charge is 2.41. The number of hydrogen-bond acceptors (Lipinski definition) is 3. The molecule has 2 aromatic rings. The Balaban J connectivity index is 1.55. The lowest BCUT2D eigenvalue weighted by atomic mass is 10.0. The van der Waals surface area contributed by atoms with Crippen molar-refractivity contribution >= 4 is 23.4 Å². The number of carbonyl (C=O) groups excluding carboxylic acids is 2. The van der Waals surface area contributed by atoms with Gasteiger partial charge in [0, 0.05) is 31.2 Å². The number of pyridine rings is 1. The second kappa shape index (κ2) is 7.34. The predicted molar refractivity (Wildman–Crippen MR) is 111 cm³/mol. The molecule has 29 heavy (non-hydrogen) atoms. The first-order chi connectivity index (χ1) is 13.8. The molecule has 2 heterocycles. The van der Waals surface area contributed by atoms with Crippen molar-refractivity contribution in [3.05, 3.63) is 68.1 Å². The minimum atomic E-state index is -0.441. The minimum absolute atomic E-state index is 0.0654. The van der Waals surface area contributed by atoms with Crippen LogP contribution in [0.4, 0.5) is 0 Å². The smallest absolute Gasteiger partial charge is 0.270 e. The Morgan fingerprint density at radius 3 is 2.52 bits per heavy atom. The van der Waals surface area contributed by atoms with Crippen LogP contribution in [0, 0.1) is 12.3 Å². The van der Waals surface area contributed by atoms with Gasteiger partial charge in [-0.05, 0) is 54.5 Å². The largest absolute Gasteiger partial charge is 0.348 e. The molecule has 6 nitrogen and oxygen atoms in total. The number of carbonyl (C=O) groups is 2. The fourth-order valence-electron chi connectivity index (χ4n) is 3.80. The number of nitrogens with zero attached hydrogens (tertiary/aromatic N) is 2. The molecule has 7 heteroatoms. The summed E-state index contributed by atoms with van der Waals surface area (Å²) in [5, 5.41) is 3.40. The van der Waals surface area contributed by atoms with E-state index in [1.165, 1.54) is 10.6 Å². The first-order valence-electron chi connectivity index (χ1n) is 9.84. The molecule has 0 saturated heterocycles. The summed E-state index contributed by atoms with van der Waals surface area (Å²) in [6.45, 7) is 5.89. The van der Waals surface area contributed by atoms with Crippen molar-refractivity contribution in [1.82, 2.24) is 14.8 Å². The van der Waals surface area contributed by atoms with E-state index in [1.807, 2.05) is 17.0 Å². The monoisotopic (exact) mass is 413 g/mol. The molecule has 1 aliphatic carbocycles. The highest BCUT2D eigenvalue weighted by Crippen LogP contribution is 2.45. The third kappa shape index (κ3) is 3.94. The summed E-state index contributed by atoms with van der Waals surface area (Å²) < 4.78 is 1.46. The van der Waals surface area contributed by atoms with Crippen LogP contribution in [0.25, 0.3) is 0 Å². The van der Waals surface area contributed by atoms with Gasteiger partial charge in [0.15, 0.2) is 0 Å². The van der Waals surface area contributed by atoms with Gasteiger partial charge in [-0.1, -0.05) is 30.7 Å². The fourth-order valence-corrected chi connectivity index (χ4v) is 3.93. The first-order valence-corrected chi connectivity index (χ1v) is 10.2. The molecular weight excluding hydrogens is 390 g/mol. The predicted octanol–water partition coefficient (Wildman–Crippen LogP) is 3.00. The maximum absolute atomic E-state index is 13.0. The van der Waals surface area contributed by atoms with E-state index < -0.39 is 11.5 Å². The summed E-state index contributed by atoms with van der Waals surface area (Å²) in [6.07, 6.45) is 2.27. The Morgan fingerprint density at radius 2 is 1.86 bits per heavy atom. The fraction of sp³-hybridized carbons (Fsp3) is 0.409. The number of rotatable bonds is 5. The van der Waals surface area contributed by atoms with Gasteiger partial charge in [-0.2, -0.15) is 0 Å². The van der Waals surface area contributed by atoms with Gasteiger partial charge in [-0.25, -0.2) is 0 Å². The lowest BCUT2D eigenvalue weighted by Gasteiger charge is -2.32. The number of halogens is 1. The number of fused-ring (bicyclic) bond motifs is 1. The second-order valence-corrected chi connectivity index (χ2v) is 8.83. The summed E-state index contributed by atoms with van der Waals surface area (Å²) in [5.74, 6) is -0.559. The summed E-state index contributed by atoms with van der Waals surface area (Å²) in [4.78, 5) is 40.4. The second-order valence-electron chi connectivity index (χ2n) is 8.39. The van der Waals surface area contributed by atoms with E-state index in [2.05, 4.69) is 12.2 Å². The maximum Gasteiger partial charge on any atom is 0.270 e. The molecule has 0 spiro atoms. The average Bonchev–Trinajstić information content (AvgIpc) is 3.42. The Hall–Kier alpha value is -2.60. The molecule has 0 radical (unpaired) electrons. The molecule has 4 rings (SSSR count). The van der Waals surface area contributed by atoms with Crippen molar-refractivity contribution in [2.24, 2.45) is 5.41 Å². The van der Waals surface area contributed by atoms with E-state index in [0.29, 0.717) is 35.9 Å². The molecule has 1 saturated carbocycles. The zero-order chi connectivity index (χ0) is 20.8. The summed E-state index contributed by atoms with van der Waals surface area (Å²) >= 11 is 5.87. The van der Waals surface area contributed by atoms with Crippen LogP contribution in [-0.4, -0.2) is 34.4 Å². The van der Waals surface area contributed by atoms with Gasteiger partial charge < -0.3 is 14.8 Å². The molecule has 2 amide bonds. The lowest BCUT2D eigenvalue weighted by Crippen LogP contribution is -2.48. The Kier molecular flexibility index (Phi) is 4.99. The maximum atomic E-state index is 13.0. The van der Waals surface area contributed by atoms with Crippen molar-refractivity contribution in [2.75, 3.05) is 13.1 Å². The molecule has 152 valence electrons. The number of aryl methyl sites for hydroxylation is 1. The molecule has 0 bridgehead atoms. The van der Waals surface area contributed by atoms with Gasteiger partial charge in [0.25, 0.3) is 17.4 Å². The van der Waals surface area contributed by atoms with Crippen LogP contribution in [0.3, 0.4) is 0 Å². The van der Waals surface area contributed by atoms with Crippen LogP contribution in [0.15, 0.2) is 35.1 Å². The Bertz CT molecular complexity index is 1040. The van der Waals surface area contributed by atoms with Crippen molar-refractivity contribution in [3.8, 4) is 0 Å². The van der Waals surface area contributed by atoms with E-state index in [1.54, 1.807) is 19.1 Å². The third-order valence-corrected chi connectivity index (χ3v) is 6.10. The SMILES string of the molecule is Cc1cc(C(=O)NCc2ccc(Cl)cc2)c(=O)n2c1C(=O)N(CC1(C)CC1)CC2. The highest BCUT2D eigenvalue weighted by atomic mass is 35.5. The van der Waals surface area contributed by atoms with Gasteiger partial charge in [-0.3, -0.25) is 14.4 Å². The molecule has 1 aromatic carbocycles. The van der Waals surface area contributed by atoms with Crippen molar-refractivity contribution < 1.29 is 9.59 Å². The minimum Gasteiger partial charge on any atom is -0.348 e. The Morgan fingerprint density at radius 1 is 1.17 bits per heavy atom. The van der Waals surface area contributed by atoms with Crippen molar-refractivity contribution in [1.29, 1.82) is 0 Å². The number of nitrogens with one attached hydrogen (secondary N) is 1. The van der Waals surface area contributed by atoms with Crippen molar-refractivity contribution in [3.63, 3.8) is 0 Å². The van der Waals surface area contributed by atoms with Crippen LogP contribution in [0.2, 0.25) is 5.02 Å². The number of aromatic nitrogens is 1. The highest BCUT2D eigenvalue weighted by molar-refractivity contribution is 6.30. The number of hydrogen-bond donors (Lipinski definition) is 1. The van der Waals surface area contributed by atoms with Gasteiger partial charge >= 0.3 is 0 Å². The molecular formula is C22H24ClN3O3.